The number of urea groups is 1. The van der Waals surface area contributed by atoms with Gasteiger partial charge in [-0.15, -0.1) is 35.6 Å². The van der Waals surface area contributed by atoms with Gasteiger partial charge in [-0.3, -0.25) is 25.1 Å². The van der Waals surface area contributed by atoms with Crippen LogP contribution in [0.3, 0.4) is 0 Å². The lowest BCUT2D eigenvalue weighted by molar-refractivity contribution is -0.147. The fourth-order valence-corrected chi connectivity index (χ4v) is 2.48. The molecule has 4 amide bonds. The van der Waals surface area contributed by atoms with Gasteiger partial charge in [0.25, 0.3) is 11.8 Å². The minimum absolute atomic E-state index is 0. The molecule has 9 heteroatoms. The standard InChI is InChI=1S/C10H15Cl2N3O3.ClH/c1-2-10(15(5-3-11)6-4-12)7(16)13-9(18)14-8(10)17;/h2-6H2,1H3,(H2,13,14,16,17,18);1H. The lowest BCUT2D eigenvalue weighted by Gasteiger charge is -2.41. The van der Waals surface area contributed by atoms with Gasteiger partial charge in [0.1, 0.15) is 0 Å². The number of halogens is 3. The van der Waals surface area contributed by atoms with Crippen molar-refractivity contribution in [2.24, 2.45) is 0 Å². The van der Waals surface area contributed by atoms with Crippen molar-refractivity contribution in [1.29, 1.82) is 0 Å². The van der Waals surface area contributed by atoms with Crippen LogP contribution in [0, 0.1) is 0 Å². The number of nitrogens with zero attached hydrogens (tertiary/aromatic N) is 1. The van der Waals surface area contributed by atoms with Crippen molar-refractivity contribution < 1.29 is 14.4 Å². The molecule has 6 nitrogen and oxygen atoms in total. The molecule has 0 spiro atoms. The average molecular weight is 333 g/mol. The fourth-order valence-electron chi connectivity index (χ4n) is 2.08. The molecule has 0 aromatic carbocycles. The summed E-state index contributed by atoms with van der Waals surface area (Å²) in [6.07, 6.45) is 0.228. The average Bonchev–Trinajstić information content (AvgIpc) is 2.29. The second kappa shape index (κ2) is 7.89. The van der Waals surface area contributed by atoms with Gasteiger partial charge in [-0.25, -0.2) is 4.79 Å². The summed E-state index contributed by atoms with van der Waals surface area (Å²) in [5, 5.41) is 4.22. The van der Waals surface area contributed by atoms with E-state index >= 15 is 0 Å². The van der Waals surface area contributed by atoms with E-state index in [0.29, 0.717) is 13.1 Å². The molecule has 1 aliphatic heterocycles. The lowest BCUT2D eigenvalue weighted by atomic mass is 9.89. The number of hydrogen-bond acceptors (Lipinski definition) is 4. The number of carbonyl (C=O) groups excluding carboxylic acids is 3. The van der Waals surface area contributed by atoms with Gasteiger partial charge in [-0.1, -0.05) is 6.92 Å². The van der Waals surface area contributed by atoms with Gasteiger partial charge < -0.3 is 0 Å². The molecule has 0 bridgehead atoms. The van der Waals surface area contributed by atoms with Gasteiger partial charge in [-0.2, -0.15) is 0 Å². The summed E-state index contributed by atoms with van der Waals surface area (Å²) in [7, 11) is 0. The quantitative estimate of drug-likeness (QED) is 0.554. The van der Waals surface area contributed by atoms with Gasteiger partial charge in [0.15, 0.2) is 5.54 Å². The Balaban J connectivity index is 0.00000324. The Bertz CT molecular complexity index is 339. The van der Waals surface area contributed by atoms with E-state index in [0.717, 1.165) is 0 Å². The number of amides is 4. The molecule has 1 rings (SSSR count). The number of alkyl halides is 2. The Morgan fingerprint density at radius 2 is 1.47 bits per heavy atom. The summed E-state index contributed by atoms with van der Waals surface area (Å²) in [5.41, 5.74) is -1.42. The Morgan fingerprint density at radius 1 is 1.05 bits per heavy atom. The Kier molecular flexibility index (Phi) is 7.66. The first-order chi connectivity index (χ1) is 8.52. The first kappa shape index (κ1) is 18.4. The first-order valence-corrected chi connectivity index (χ1v) is 6.63. The predicted octanol–water partition coefficient (Wildman–Crippen LogP) is 0.703. The third-order valence-electron chi connectivity index (χ3n) is 2.97. The van der Waals surface area contributed by atoms with Crippen LogP contribution < -0.4 is 10.6 Å². The molecule has 0 aromatic rings. The van der Waals surface area contributed by atoms with Crippen molar-refractivity contribution in [2.45, 2.75) is 18.9 Å². The van der Waals surface area contributed by atoms with E-state index in [4.69, 9.17) is 23.2 Å². The SMILES string of the molecule is CCC1(N(CCCl)CCCl)C(=O)NC(=O)NC1=O.Cl. The number of carbonyl (C=O) groups is 3. The first-order valence-electron chi connectivity index (χ1n) is 5.56. The molecule has 0 saturated carbocycles. The number of hydrogen-bond donors (Lipinski definition) is 2. The van der Waals surface area contributed by atoms with Crippen LogP contribution >= 0.6 is 35.6 Å². The van der Waals surface area contributed by atoms with E-state index in [1.807, 2.05) is 0 Å². The number of barbiturate groups is 1. The molecular weight excluding hydrogens is 316 g/mol. The second-order valence-electron chi connectivity index (χ2n) is 3.82. The molecule has 1 fully saturated rings. The second-order valence-corrected chi connectivity index (χ2v) is 4.57. The molecule has 0 radical (unpaired) electrons. The van der Waals surface area contributed by atoms with Gasteiger partial charge in [0.05, 0.1) is 0 Å². The highest BCUT2D eigenvalue weighted by molar-refractivity contribution is 6.23. The van der Waals surface area contributed by atoms with Crippen molar-refractivity contribution in [3.05, 3.63) is 0 Å². The maximum atomic E-state index is 12.0. The lowest BCUT2D eigenvalue weighted by Crippen LogP contribution is -2.73. The largest absolute Gasteiger partial charge is 0.328 e. The van der Waals surface area contributed by atoms with Crippen molar-refractivity contribution in [1.82, 2.24) is 15.5 Å². The third-order valence-corrected chi connectivity index (χ3v) is 3.30. The van der Waals surface area contributed by atoms with Crippen LogP contribution in [0.2, 0.25) is 0 Å². The summed E-state index contributed by atoms with van der Waals surface area (Å²) < 4.78 is 0. The van der Waals surface area contributed by atoms with Crippen LogP contribution in [-0.2, 0) is 9.59 Å². The molecule has 0 aliphatic carbocycles. The third kappa shape index (κ3) is 3.51. The highest BCUT2D eigenvalue weighted by atomic mass is 35.5. The Labute approximate surface area is 127 Å². The summed E-state index contributed by atoms with van der Waals surface area (Å²) in [6.45, 7) is 2.36. The van der Waals surface area contributed by atoms with Gasteiger partial charge in [-0.05, 0) is 6.42 Å². The van der Waals surface area contributed by atoms with Crippen molar-refractivity contribution in [3.63, 3.8) is 0 Å². The van der Waals surface area contributed by atoms with E-state index in [1.165, 1.54) is 0 Å². The zero-order valence-corrected chi connectivity index (χ0v) is 12.7. The normalized spacial score (nSPS) is 17.8. The molecule has 1 heterocycles. The molecule has 0 aromatic heterocycles. The summed E-state index contributed by atoms with van der Waals surface area (Å²) in [6, 6.07) is -0.800. The topological polar surface area (TPSA) is 78.5 Å². The van der Waals surface area contributed by atoms with Crippen LogP contribution in [0.5, 0.6) is 0 Å². The summed E-state index contributed by atoms with van der Waals surface area (Å²) >= 11 is 11.4. The van der Waals surface area contributed by atoms with E-state index < -0.39 is 23.4 Å². The summed E-state index contributed by atoms with van der Waals surface area (Å²) in [4.78, 5) is 36.8. The molecule has 2 N–H and O–H groups in total. The summed E-state index contributed by atoms with van der Waals surface area (Å²) in [5.74, 6) is -0.747. The van der Waals surface area contributed by atoms with Crippen LogP contribution in [-0.4, -0.2) is 53.1 Å². The van der Waals surface area contributed by atoms with Crippen LogP contribution in [0.25, 0.3) is 0 Å². The minimum atomic E-state index is -1.42. The van der Waals surface area contributed by atoms with Gasteiger partial charge in [0, 0.05) is 24.8 Å². The Morgan fingerprint density at radius 3 is 1.79 bits per heavy atom. The highest BCUT2D eigenvalue weighted by Crippen LogP contribution is 2.23. The Hall–Kier alpha value is -0.560. The van der Waals surface area contributed by atoms with Gasteiger partial charge >= 0.3 is 6.03 Å². The molecule has 1 saturated heterocycles. The van der Waals surface area contributed by atoms with E-state index in [2.05, 4.69) is 10.6 Å². The van der Waals surface area contributed by atoms with Crippen LogP contribution in [0.4, 0.5) is 4.79 Å². The maximum absolute atomic E-state index is 12.0. The number of rotatable bonds is 6. The monoisotopic (exact) mass is 331 g/mol. The van der Waals surface area contributed by atoms with E-state index in [1.54, 1.807) is 11.8 Å². The molecule has 1 aliphatic rings. The van der Waals surface area contributed by atoms with Crippen LogP contribution in [0.1, 0.15) is 13.3 Å². The van der Waals surface area contributed by atoms with Gasteiger partial charge in [0.2, 0.25) is 0 Å². The zero-order chi connectivity index (χ0) is 13.8. The molecule has 0 unspecified atom stereocenters. The molecule has 110 valence electrons. The number of imide groups is 2. The minimum Gasteiger partial charge on any atom is -0.279 e. The van der Waals surface area contributed by atoms with Crippen molar-refractivity contribution >= 4 is 53.5 Å². The zero-order valence-electron chi connectivity index (χ0n) is 10.4. The maximum Gasteiger partial charge on any atom is 0.328 e. The van der Waals surface area contributed by atoms with Crippen molar-refractivity contribution in [3.8, 4) is 0 Å². The van der Waals surface area contributed by atoms with Crippen LogP contribution in [0.15, 0.2) is 0 Å². The molecule has 19 heavy (non-hydrogen) atoms. The highest BCUT2D eigenvalue weighted by Gasteiger charge is 2.52. The smallest absolute Gasteiger partial charge is 0.279 e. The molecular formula is C10H16Cl3N3O3. The van der Waals surface area contributed by atoms with Crippen molar-refractivity contribution in [2.75, 3.05) is 24.8 Å². The predicted molar refractivity (Wildman–Crippen MR) is 75.0 cm³/mol. The van der Waals surface area contributed by atoms with E-state index in [-0.39, 0.29) is 30.6 Å². The molecule has 0 atom stereocenters. The fraction of sp³-hybridized carbons (Fsp3) is 0.700. The number of nitrogens with one attached hydrogen (secondary N) is 2. The van der Waals surface area contributed by atoms with E-state index in [9.17, 15) is 14.4 Å².